The lowest BCUT2D eigenvalue weighted by atomic mass is 10.1. The van der Waals surface area contributed by atoms with E-state index in [9.17, 15) is 9.59 Å². The van der Waals surface area contributed by atoms with Gasteiger partial charge >= 0.3 is 0 Å². The summed E-state index contributed by atoms with van der Waals surface area (Å²) in [5.41, 5.74) is 1.70. The number of nitrogens with one attached hydrogen (secondary N) is 3. The smallest absolute Gasteiger partial charge is 0.268 e. The summed E-state index contributed by atoms with van der Waals surface area (Å²) in [5.74, 6) is -0.190. The monoisotopic (exact) mass is 384 g/mol. The van der Waals surface area contributed by atoms with Crippen LogP contribution in [0.3, 0.4) is 0 Å². The molecule has 0 radical (unpaired) electrons. The minimum atomic E-state index is -0.343. The molecule has 1 fully saturated rings. The van der Waals surface area contributed by atoms with Gasteiger partial charge in [0.15, 0.2) is 0 Å². The first-order chi connectivity index (χ1) is 13.6. The van der Waals surface area contributed by atoms with E-state index < -0.39 is 0 Å². The average molecular weight is 384 g/mol. The van der Waals surface area contributed by atoms with Crippen LogP contribution in [0.1, 0.15) is 21.7 Å². The largest absolute Gasteiger partial charge is 0.465 e. The molecule has 1 aromatic carbocycles. The third-order valence-electron chi connectivity index (χ3n) is 4.60. The third kappa shape index (κ3) is 5.80. The Kier molecular flexibility index (Phi) is 7.00. The molecule has 3 N–H and O–H groups in total. The van der Waals surface area contributed by atoms with Gasteiger partial charge in [0, 0.05) is 11.6 Å². The van der Waals surface area contributed by atoms with Gasteiger partial charge in [-0.15, -0.1) is 0 Å². The summed E-state index contributed by atoms with van der Waals surface area (Å²) in [6.07, 6.45) is 3.05. The maximum Gasteiger partial charge on any atom is 0.268 e. The SMILES string of the molecule is Cc1ccc(C(=O)N/C(=C/c2ccco2)C(=O)NCC[NH+]2CCOCC2)cc1. The van der Waals surface area contributed by atoms with Gasteiger partial charge in [0.05, 0.1) is 32.6 Å². The van der Waals surface area contributed by atoms with Gasteiger partial charge < -0.3 is 24.7 Å². The number of morpholine rings is 1. The zero-order chi connectivity index (χ0) is 19.8. The Balaban J connectivity index is 1.63. The molecule has 2 aromatic rings. The van der Waals surface area contributed by atoms with Gasteiger partial charge in [-0.1, -0.05) is 17.7 Å². The summed E-state index contributed by atoms with van der Waals surface area (Å²) in [7, 11) is 0. The van der Waals surface area contributed by atoms with Crippen LogP contribution >= 0.6 is 0 Å². The molecule has 7 heteroatoms. The molecule has 1 aliphatic heterocycles. The van der Waals surface area contributed by atoms with Gasteiger partial charge in [-0.3, -0.25) is 9.59 Å². The van der Waals surface area contributed by atoms with Crippen LogP contribution in [-0.4, -0.2) is 51.2 Å². The van der Waals surface area contributed by atoms with Crippen molar-refractivity contribution in [3.05, 3.63) is 65.2 Å². The van der Waals surface area contributed by atoms with Gasteiger partial charge in [0.25, 0.3) is 11.8 Å². The predicted octanol–water partition coefficient (Wildman–Crippen LogP) is 0.390. The summed E-state index contributed by atoms with van der Waals surface area (Å²) in [4.78, 5) is 26.6. The van der Waals surface area contributed by atoms with E-state index in [0.717, 1.165) is 38.4 Å². The van der Waals surface area contributed by atoms with Gasteiger partial charge in [-0.05, 0) is 31.2 Å². The maximum atomic E-state index is 12.7. The maximum absolute atomic E-state index is 12.7. The minimum absolute atomic E-state index is 0.150. The lowest BCUT2D eigenvalue weighted by molar-refractivity contribution is -0.906. The molecule has 0 bridgehead atoms. The zero-order valence-corrected chi connectivity index (χ0v) is 16.0. The molecule has 3 rings (SSSR count). The van der Waals surface area contributed by atoms with Crippen molar-refractivity contribution in [1.29, 1.82) is 0 Å². The molecule has 2 heterocycles. The van der Waals surface area contributed by atoms with Crippen molar-refractivity contribution in [2.24, 2.45) is 0 Å². The summed E-state index contributed by atoms with van der Waals surface area (Å²) < 4.78 is 10.6. The number of benzene rings is 1. The quantitative estimate of drug-likeness (QED) is 0.603. The number of furan rings is 1. The molecule has 0 spiro atoms. The van der Waals surface area contributed by atoms with Crippen molar-refractivity contribution in [1.82, 2.24) is 10.6 Å². The van der Waals surface area contributed by atoms with Crippen molar-refractivity contribution in [2.75, 3.05) is 39.4 Å². The molecule has 1 aliphatic rings. The van der Waals surface area contributed by atoms with Crippen LogP contribution in [0.2, 0.25) is 0 Å². The van der Waals surface area contributed by atoms with Gasteiger partial charge in [-0.25, -0.2) is 0 Å². The Morgan fingerprint density at radius 3 is 2.57 bits per heavy atom. The lowest BCUT2D eigenvalue weighted by Gasteiger charge is -2.23. The van der Waals surface area contributed by atoms with E-state index in [4.69, 9.17) is 9.15 Å². The lowest BCUT2D eigenvalue weighted by Crippen LogP contribution is -3.14. The molecule has 2 amide bonds. The number of hydrogen-bond donors (Lipinski definition) is 3. The predicted molar refractivity (Wildman–Crippen MR) is 105 cm³/mol. The molecule has 0 saturated carbocycles. The second-order valence-electron chi connectivity index (χ2n) is 6.76. The van der Waals surface area contributed by atoms with E-state index in [1.807, 2.05) is 19.1 Å². The molecule has 1 aromatic heterocycles. The van der Waals surface area contributed by atoms with Crippen LogP contribution in [0.5, 0.6) is 0 Å². The summed E-state index contributed by atoms with van der Waals surface area (Å²) >= 11 is 0. The standard InChI is InChI=1S/C21H25N3O4/c1-16-4-6-17(7-5-16)20(25)23-19(15-18-3-2-12-28-18)21(26)22-8-9-24-10-13-27-14-11-24/h2-7,12,15H,8-11,13-14H2,1H3,(H,22,26)(H,23,25)/p+1/b19-15+. The van der Waals surface area contributed by atoms with E-state index in [1.165, 1.54) is 17.2 Å². The first kappa shape index (κ1) is 19.9. The number of carbonyl (C=O) groups is 2. The van der Waals surface area contributed by atoms with E-state index in [0.29, 0.717) is 17.9 Å². The topological polar surface area (TPSA) is 85.0 Å². The Bertz CT molecular complexity index is 807. The molecule has 28 heavy (non-hydrogen) atoms. The molecule has 0 unspecified atom stereocenters. The van der Waals surface area contributed by atoms with Crippen LogP contribution in [0.4, 0.5) is 0 Å². The van der Waals surface area contributed by atoms with Crippen LogP contribution < -0.4 is 15.5 Å². The van der Waals surface area contributed by atoms with Crippen LogP contribution in [0.15, 0.2) is 52.8 Å². The minimum Gasteiger partial charge on any atom is -0.465 e. The Morgan fingerprint density at radius 2 is 1.89 bits per heavy atom. The number of ether oxygens (including phenoxy) is 1. The van der Waals surface area contributed by atoms with E-state index in [-0.39, 0.29) is 17.5 Å². The average Bonchev–Trinajstić information content (AvgIpc) is 3.22. The van der Waals surface area contributed by atoms with E-state index in [1.54, 1.807) is 24.3 Å². The highest BCUT2D eigenvalue weighted by Gasteiger charge is 2.17. The number of quaternary nitrogens is 1. The first-order valence-electron chi connectivity index (χ1n) is 9.44. The summed E-state index contributed by atoms with van der Waals surface area (Å²) in [6, 6.07) is 10.6. The highest BCUT2D eigenvalue weighted by atomic mass is 16.5. The van der Waals surface area contributed by atoms with Crippen molar-refractivity contribution >= 4 is 17.9 Å². The van der Waals surface area contributed by atoms with Crippen LogP contribution in [0, 0.1) is 6.92 Å². The Morgan fingerprint density at radius 1 is 1.14 bits per heavy atom. The van der Waals surface area contributed by atoms with Crippen molar-refractivity contribution < 1.29 is 23.6 Å². The Hall–Kier alpha value is -2.90. The van der Waals surface area contributed by atoms with E-state index >= 15 is 0 Å². The second kappa shape index (κ2) is 9.87. The van der Waals surface area contributed by atoms with Crippen molar-refractivity contribution in [2.45, 2.75) is 6.92 Å². The molecule has 0 aliphatic carbocycles. The number of rotatable bonds is 7. The van der Waals surface area contributed by atoms with Crippen LogP contribution in [-0.2, 0) is 9.53 Å². The molecule has 0 atom stereocenters. The summed E-state index contributed by atoms with van der Waals surface area (Å²) in [6.45, 7) is 6.66. The fraction of sp³-hybridized carbons (Fsp3) is 0.333. The van der Waals surface area contributed by atoms with Gasteiger partial charge in [0.1, 0.15) is 24.5 Å². The van der Waals surface area contributed by atoms with Crippen molar-refractivity contribution in [3.63, 3.8) is 0 Å². The molecular formula is C21H26N3O4+. The van der Waals surface area contributed by atoms with E-state index in [2.05, 4.69) is 10.6 Å². The normalized spacial score (nSPS) is 15.2. The van der Waals surface area contributed by atoms with Gasteiger partial charge in [-0.2, -0.15) is 0 Å². The highest BCUT2D eigenvalue weighted by molar-refractivity contribution is 6.05. The first-order valence-corrected chi connectivity index (χ1v) is 9.44. The number of aryl methyl sites for hydroxylation is 1. The molecule has 7 nitrogen and oxygen atoms in total. The number of amides is 2. The zero-order valence-electron chi connectivity index (χ0n) is 16.0. The number of hydrogen-bond acceptors (Lipinski definition) is 4. The van der Waals surface area contributed by atoms with Crippen LogP contribution in [0.25, 0.3) is 6.08 Å². The van der Waals surface area contributed by atoms with Crippen molar-refractivity contribution in [3.8, 4) is 0 Å². The number of carbonyl (C=O) groups excluding carboxylic acids is 2. The highest BCUT2D eigenvalue weighted by Crippen LogP contribution is 2.08. The Labute approximate surface area is 164 Å². The second-order valence-corrected chi connectivity index (χ2v) is 6.76. The molecule has 1 saturated heterocycles. The summed E-state index contributed by atoms with van der Waals surface area (Å²) in [5, 5.41) is 5.59. The van der Waals surface area contributed by atoms with Gasteiger partial charge in [0.2, 0.25) is 0 Å². The molecule has 148 valence electrons. The fourth-order valence-corrected chi connectivity index (χ4v) is 2.93. The molecular weight excluding hydrogens is 358 g/mol. The fourth-order valence-electron chi connectivity index (χ4n) is 2.93. The third-order valence-corrected chi connectivity index (χ3v) is 4.60.